The Balaban J connectivity index is 1.17. The highest BCUT2D eigenvalue weighted by Crippen LogP contribution is 2.24. The number of aryl methyl sites for hydroxylation is 3. The van der Waals surface area contributed by atoms with Crippen LogP contribution in [0.25, 0.3) is 22.1 Å². The van der Waals surface area contributed by atoms with Gasteiger partial charge in [0.1, 0.15) is 0 Å². The van der Waals surface area contributed by atoms with Crippen LogP contribution in [0.4, 0.5) is 5.69 Å². The largest absolute Gasteiger partial charge is 0.339 e. The van der Waals surface area contributed by atoms with E-state index in [1.54, 1.807) is 29.6 Å². The second-order valence-electron chi connectivity index (χ2n) is 9.33. The van der Waals surface area contributed by atoms with E-state index in [0.29, 0.717) is 30.8 Å². The first-order chi connectivity index (χ1) is 16.9. The van der Waals surface area contributed by atoms with E-state index in [1.807, 2.05) is 41.3 Å². The minimum Gasteiger partial charge on any atom is -0.339 e. The van der Waals surface area contributed by atoms with E-state index in [0.717, 1.165) is 41.5 Å². The van der Waals surface area contributed by atoms with Gasteiger partial charge in [0.2, 0.25) is 5.91 Å². The smallest absolute Gasteiger partial charge is 0.328 e. The summed E-state index contributed by atoms with van der Waals surface area (Å²) in [6, 6.07) is 11.2. The van der Waals surface area contributed by atoms with Gasteiger partial charge in [0.25, 0.3) is 5.91 Å². The van der Waals surface area contributed by atoms with Crippen molar-refractivity contribution >= 4 is 39.6 Å². The topological polar surface area (TPSA) is 94.2 Å². The molecule has 0 spiro atoms. The molecule has 0 aliphatic carbocycles. The molecule has 0 bridgehead atoms. The van der Waals surface area contributed by atoms with E-state index < -0.39 is 0 Å². The van der Waals surface area contributed by atoms with Crippen molar-refractivity contribution in [3.8, 4) is 0 Å². The zero-order chi connectivity index (χ0) is 24.7. The van der Waals surface area contributed by atoms with Gasteiger partial charge < -0.3 is 14.8 Å². The lowest BCUT2D eigenvalue weighted by molar-refractivity contribution is -0.117. The van der Waals surface area contributed by atoms with Crippen molar-refractivity contribution in [1.82, 2.24) is 23.6 Å². The second-order valence-corrected chi connectivity index (χ2v) is 9.33. The maximum atomic E-state index is 13.0. The highest BCUT2D eigenvalue weighted by molar-refractivity contribution is 5.97. The molecule has 182 valence electrons. The number of rotatable bonds is 5. The Morgan fingerprint density at radius 3 is 2.46 bits per heavy atom. The molecule has 1 fully saturated rings. The number of carbonyl (C=O) groups excluding carboxylic acids is 2. The lowest BCUT2D eigenvalue weighted by Gasteiger charge is -2.31. The van der Waals surface area contributed by atoms with Gasteiger partial charge in [0.15, 0.2) is 0 Å². The molecule has 1 aliphatic rings. The number of nitrogens with one attached hydrogen (secondary N) is 1. The van der Waals surface area contributed by atoms with Crippen molar-refractivity contribution in [2.45, 2.75) is 32.7 Å². The Morgan fingerprint density at radius 2 is 1.71 bits per heavy atom. The monoisotopic (exact) mass is 474 g/mol. The third kappa shape index (κ3) is 4.22. The Hall–Kier alpha value is -3.88. The van der Waals surface area contributed by atoms with Gasteiger partial charge in [-0.1, -0.05) is 0 Å². The molecule has 2 amide bonds. The molecule has 2 aromatic heterocycles. The molecule has 0 unspecified atom stereocenters. The van der Waals surface area contributed by atoms with Crippen LogP contribution in [0.2, 0.25) is 0 Å². The maximum Gasteiger partial charge on any atom is 0.328 e. The number of anilines is 1. The lowest BCUT2D eigenvalue weighted by Crippen LogP contribution is -2.39. The minimum atomic E-state index is -0.0969. The summed E-state index contributed by atoms with van der Waals surface area (Å²) < 4.78 is 5.22. The van der Waals surface area contributed by atoms with E-state index in [-0.39, 0.29) is 23.4 Å². The fourth-order valence-electron chi connectivity index (χ4n) is 5.03. The van der Waals surface area contributed by atoms with Crippen LogP contribution in [0.15, 0.2) is 47.5 Å². The summed E-state index contributed by atoms with van der Waals surface area (Å²) in [5.74, 6) is 0.196. The second kappa shape index (κ2) is 9.05. The zero-order valence-electron chi connectivity index (χ0n) is 20.3. The van der Waals surface area contributed by atoms with Crippen LogP contribution in [0.5, 0.6) is 0 Å². The van der Waals surface area contributed by atoms with Gasteiger partial charge in [-0.2, -0.15) is 0 Å². The average molecular weight is 475 g/mol. The summed E-state index contributed by atoms with van der Waals surface area (Å²) in [7, 11) is 3.46. The van der Waals surface area contributed by atoms with Crippen LogP contribution < -0.4 is 11.0 Å². The number of carbonyl (C=O) groups is 2. The lowest BCUT2D eigenvalue weighted by atomic mass is 9.92. The van der Waals surface area contributed by atoms with Crippen LogP contribution in [0.1, 0.15) is 36.5 Å². The van der Waals surface area contributed by atoms with Crippen LogP contribution in [0.3, 0.4) is 0 Å². The number of likely N-dealkylation sites (tertiary alicyclic amines) is 1. The Morgan fingerprint density at radius 1 is 1.00 bits per heavy atom. The molecule has 9 heteroatoms. The van der Waals surface area contributed by atoms with E-state index in [4.69, 9.17) is 0 Å². The van der Waals surface area contributed by atoms with Crippen molar-refractivity contribution < 1.29 is 9.59 Å². The van der Waals surface area contributed by atoms with Crippen molar-refractivity contribution in [2.24, 2.45) is 20.0 Å². The van der Waals surface area contributed by atoms with E-state index >= 15 is 0 Å². The summed E-state index contributed by atoms with van der Waals surface area (Å²) in [5, 5.41) is 2.97. The van der Waals surface area contributed by atoms with E-state index in [9.17, 15) is 14.4 Å². The summed E-state index contributed by atoms with van der Waals surface area (Å²) in [6.45, 7) is 4.17. The highest BCUT2D eigenvalue weighted by Gasteiger charge is 2.25. The molecule has 1 aliphatic heterocycles. The number of imidazole rings is 2. The number of hydrogen-bond donors (Lipinski definition) is 1. The fraction of sp³-hybridized carbons (Fsp3) is 0.385. The molecule has 0 radical (unpaired) electrons. The van der Waals surface area contributed by atoms with Gasteiger partial charge in [-0.05, 0) is 62.1 Å². The Kier molecular flexibility index (Phi) is 5.92. The highest BCUT2D eigenvalue weighted by atomic mass is 16.2. The van der Waals surface area contributed by atoms with Crippen LogP contribution in [-0.2, 0) is 25.4 Å². The number of fused-ring (bicyclic) bond motifs is 2. The standard InChI is InChI=1S/C26H30N6O3/c1-4-31-16-27-20-14-18(5-7-21(20)31)25(34)32-11-9-17(10-12-32)13-24(33)28-19-6-8-22-23(15-19)30(3)26(35)29(22)2/h5-8,14-17H,4,9-13H2,1-3H3,(H,28,33). The molecule has 1 saturated heterocycles. The molecule has 2 aromatic carbocycles. The third-order valence-corrected chi connectivity index (χ3v) is 7.14. The molecule has 35 heavy (non-hydrogen) atoms. The third-order valence-electron chi connectivity index (χ3n) is 7.14. The van der Waals surface area contributed by atoms with Crippen molar-refractivity contribution in [1.29, 1.82) is 0 Å². The molecule has 0 saturated carbocycles. The first-order valence-electron chi connectivity index (χ1n) is 12.0. The number of aromatic nitrogens is 4. The molecule has 3 heterocycles. The first-order valence-corrected chi connectivity index (χ1v) is 12.0. The molecule has 0 atom stereocenters. The molecule has 9 nitrogen and oxygen atoms in total. The van der Waals surface area contributed by atoms with Crippen molar-refractivity contribution in [3.05, 3.63) is 58.8 Å². The predicted octanol–water partition coefficient (Wildman–Crippen LogP) is 3.13. The molecular weight excluding hydrogens is 444 g/mol. The van der Waals surface area contributed by atoms with Crippen LogP contribution in [0, 0.1) is 5.92 Å². The minimum absolute atomic E-state index is 0.0163. The number of hydrogen-bond acceptors (Lipinski definition) is 4. The first kappa shape index (κ1) is 22.9. The van der Waals surface area contributed by atoms with Gasteiger partial charge >= 0.3 is 5.69 Å². The number of amides is 2. The molecule has 1 N–H and O–H groups in total. The fourth-order valence-corrected chi connectivity index (χ4v) is 5.03. The number of nitrogens with zero attached hydrogens (tertiary/aromatic N) is 5. The summed E-state index contributed by atoms with van der Waals surface area (Å²) in [4.78, 5) is 44.1. The average Bonchev–Trinajstić information content (AvgIpc) is 3.38. The maximum absolute atomic E-state index is 13.0. The summed E-state index contributed by atoms with van der Waals surface area (Å²) in [5.41, 5.74) is 4.70. The normalized spacial score (nSPS) is 14.7. The van der Waals surface area contributed by atoms with Crippen molar-refractivity contribution in [2.75, 3.05) is 18.4 Å². The molecular formula is C26H30N6O3. The van der Waals surface area contributed by atoms with Gasteiger partial charge in [-0.3, -0.25) is 18.7 Å². The van der Waals surface area contributed by atoms with E-state index in [1.165, 1.54) is 0 Å². The summed E-state index contributed by atoms with van der Waals surface area (Å²) >= 11 is 0. The predicted molar refractivity (Wildman–Crippen MR) is 135 cm³/mol. The van der Waals surface area contributed by atoms with Gasteiger partial charge in [-0.25, -0.2) is 9.78 Å². The Bertz CT molecular complexity index is 1490. The van der Waals surface area contributed by atoms with Gasteiger partial charge in [-0.15, -0.1) is 0 Å². The van der Waals surface area contributed by atoms with Gasteiger partial charge in [0, 0.05) is 51.4 Å². The Labute approximate surface area is 203 Å². The van der Waals surface area contributed by atoms with Crippen LogP contribution >= 0.6 is 0 Å². The SMILES string of the molecule is CCn1cnc2cc(C(=O)N3CCC(CC(=O)Nc4ccc5c(c4)n(C)c(=O)n5C)CC3)ccc21. The van der Waals surface area contributed by atoms with E-state index in [2.05, 4.69) is 21.8 Å². The zero-order valence-corrected chi connectivity index (χ0v) is 20.3. The summed E-state index contributed by atoms with van der Waals surface area (Å²) in [6.07, 6.45) is 3.79. The number of benzene rings is 2. The molecule has 5 rings (SSSR count). The van der Waals surface area contributed by atoms with Crippen molar-refractivity contribution in [3.63, 3.8) is 0 Å². The number of piperidine rings is 1. The van der Waals surface area contributed by atoms with Gasteiger partial charge in [0.05, 0.1) is 28.4 Å². The molecule has 4 aromatic rings. The van der Waals surface area contributed by atoms with Crippen LogP contribution in [-0.4, -0.2) is 48.5 Å². The quantitative estimate of drug-likeness (QED) is 0.481.